The number of nitrogens with zero attached hydrogens (tertiary/aromatic N) is 3. The highest BCUT2D eigenvalue weighted by molar-refractivity contribution is 6.06. The maximum atomic E-state index is 13.2. The minimum Gasteiger partial charge on any atom is -0.481 e. The number of esters is 1. The number of rotatable bonds is 8. The van der Waals surface area contributed by atoms with Crippen molar-refractivity contribution in [2.75, 3.05) is 6.61 Å². The van der Waals surface area contributed by atoms with Crippen LogP contribution in [0.4, 0.5) is 11.4 Å². The van der Waals surface area contributed by atoms with Gasteiger partial charge in [-0.15, -0.1) is 0 Å². The SMILES string of the molecule is CC(C)c1cc(/N=N/c2cccc3c2CN(C2CCC(=O)NC2=O)C3=O)cc(C(C)C)c1OCC(=O)OC(C)(C)C. The van der Waals surface area contributed by atoms with Crippen LogP contribution in [0.1, 0.15) is 100 Å². The van der Waals surface area contributed by atoms with Crippen LogP contribution in [-0.4, -0.2) is 46.8 Å². The van der Waals surface area contributed by atoms with E-state index in [-0.39, 0.29) is 43.2 Å². The van der Waals surface area contributed by atoms with Crippen LogP contribution in [-0.2, 0) is 25.7 Å². The van der Waals surface area contributed by atoms with Crippen molar-refractivity contribution >= 4 is 35.1 Å². The third-order valence-electron chi connectivity index (χ3n) is 6.96. The number of hydrogen-bond donors (Lipinski definition) is 1. The van der Waals surface area contributed by atoms with Gasteiger partial charge in [0.15, 0.2) is 6.61 Å². The van der Waals surface area contributed by atoms with Crippen LogP contribution in [0.3, 0.4) is 0 Å². The lowest BCUT2D eigenvalue weighted by Gasteiger charge is -2.29. The van der Waals surface area contributed by atoms with Gasteiger partial charge in [0.2, 0.25) is 11.8 Å². The van der Waals surface area contributed by atoms with Crippen LogP contribution in [0, 0.1) is 0 Å². The van der Waals surface area contributed by atoms with Crippen molar-refractivity contribution in [3.05, 3.63) is 52.6 Å². The second-order valence-electron chi connectivity index (χ2n) is 12.0. The number of amides is 3. The molecular formula is C31H38N4O6. The molecule has 2 aromatic carbocycles. The molecule has 10 nitrogen and oxygen atoms in total. The first-order valence-electron chi connectivity index (χ1n) is 14.0. The predicted octanol–water partition coefficient (Wildman–Crippen LogP) is 5.83. The van der Waals surface area contributed by atoms with Gasteiger partial charge in [0, 0.05) is 24.1 Å². The van der Waals surface area contributed by atoms with Crippen molar-refractivity contribution in [2.45, 2.75) is 91.3 Å². The molecule has 0 saturated carbocycles. The molecule has 0 spiro atoms. The molecule has 1 unspecified atom stereocenters. The van der Waals surface area contributed by atoms with Crippen molar-refractivity contribution in [3.8, 4) is 5.75 Å². The average Bonchev–Trinajstić information content (AvgIpc) is 3.21. The zero-order chi connectivity index (χ0) is 30.1. The number of ether oxygens (including phenoxy) is 2. The lowest BCUT2D eigenvalue weighted by atomic mass is 9.93. The summed E-state index contributed by atoms with van der Waals surface area (Å²) >= 11 is 0. The number of carbonyl (C=O) groups is 4. The fraction of sp³-hybridized carbons (Fsp3) is 0.484. The Morgan fingerprint density at radius 1 is 1.05 bits per heavy atom. The van der Waals surface area contributed by atoms with Gasteiger partial charge in [0.1, 0.15) is 17.4 Å². The molecule has 0 radical (unpaired) electrons. The average molecular weight is 563 g/mol. The Balaban J connectivity index is 1.61. The fourth-order valence-corrected chi connectivity index (χ4v) is 5.02. The molecule has 0 aromatic heterocycles. The van der Waals surface area contributed by atoms with E-state index in [1.165, 1.54) is 4.90 Å². The summed E-state index contributed by atoms with van der Waals surface area (Å²) < 4.78 is 11.4. The molecule has 1 saturated heterocycles. The Morgan fingerprint density at radius 2 is 1.71 bits per heavy atom. The molecule has 1 N–H and O–H groups in total. The molecule has 41 heavy (non-hydrogen) atoms. The summed E-state index contributed by atoms with van der Waals surface area (Å²) in [6.07, 6.45) is 0.483. The summed E-state index contributed by atoms with van der Waals surface area (Å²) in [6.45, 7) is 13.6. The molecule has 2 aromatic rings. The highest BCUT2D eigenvalue weighted by Gasteiger charge is 2.40. The minimum atomic E-state index is -0.701. The monoisotopic (exact) mass is 562 g/mol. The zero-order valence-corrected chi connectivity index (χ0v) is 24.7. The van der Waals surface area contributed by atoms with Gasteiger partial charge in [0.25, 0.3) is 5.91 Å². The minimum absolute atomic E-state index is 0.0805. The smallest absolute Gasteiger partial charge is 0.344 e. The molecule has 1 atom stereocenters. The summed E-state index contributed by atoms with van der Waals surface area (Å²) in [5, 5.41) is 11.4. The fourth-order valence-electron chi connectivity index (χ4n) is 5.02. The van der Waals surface area contributed by atoms with Crippen molar-refractivity contribution in [2.24, 2.45) is 10.2 Å². The van der Waals surface area contributed by atoms with Crippen LogP contribution < -0.4 is 10.1 Å². The number of carbonyl (C=O) groups excluding carboxylic acids is 4. The lowest BCUT2D eigenvalue weighted by Crippen LogP contribution is -2.52. The third kappa shape index (κ3) is 6.81. The Hall–Kier alpha value is -4.08. The first-order valence-corrected chi connectivity index (χ1v) is 14.0. The Bertz CT molecular complexity index is 1380. The molecule has 2 heterocycles. The first kappa shape index (κ1) is 29.9. The van der Waals surface area contributed by atoms with Gasteiger partial charge >= 0.3 is 5.97 Å². The van der Waals surface area contributed by atoms with Crippen LogP contribution in [0.5, 0.6) is 5.75 Å². The summed E-state index contributed by atoms with van der Waals surface area (Å²) in [7, 11) is 0. The molecule has 0 bridgehead atoms. The molecule has 218 valence electrons. The highest BCUT2D eigenvalue weighted by Crippen LogP contribution is 2.40. The van der Waals surface area contributed by atoms with Gasteiger partial charge in [-0.25, -0.2) is 4.79 Å². The molecule has 4 rings (SSSR count). The van der Waals surface area contributed by atoms with E-state index in [0.717, 1.165) is 11.1 Å². The summed E-state index contributed by atoms with van der Waals surface area (Å²) in [6, 6.07) is 8.34. The van der Waals surface area contributed by atoms with Gasteiger partial charge in [0.05, 0.1) is 11.4 Å². The number of nitrogens with one attached hydrogen (secondary N) is 1. The molecule has 1 fully saturated rings. The lowest BCUT2D eigenvalue weighted by molar-refractivity contribution is -0.157. The van der Waals surface area contributed by atoms with E-state index in [2.05, 4.69) is 15.5 Å². The van der Waals surface area contributed by atoms with E-state index >= 15 is 0 Å². The largest absolute Gasteiger partial charge is 0.481 e. The van der Waals surface area contributed by atoms with E-state index in [0.29, 0.717) is 34.7 Å². The number of imide groups is 1. The summed E-state index contributed by atoms with van der Waals surface area (Å²) in [4.78, 5) is 51.0. The molecule has 2 aliphatic heterocycles. The quantitative estimate of drug-likeness (QED) is 0.245. The van der Waals surface area contributed by atoms with E-state index in [1.807, 2.05) is 60.6 Å². The molecule has 2 aliphatic rings. The third-order valence-corrected chi connectivity index (χ3v) is 6.96. The van der Waals surface area contributed by atoms with E-state index in [9.17, 15) is 19.2 Å². The number of benzene rings is 2. The number of fused-ring (bicyclic) bond motifs is 1. The summed E-state index contributed by atoms with van der Waals surface area (Å²) in [5.74, 6) is -0.679. The van der Waals surface area contributed by atoms with Crippen LogP contribution in [0.2, 0.25) is 0 Å². The molecular weight excluding hydrogens is 524 g/mol. The second-order valence-corrected chi connectivity index (χ2v) is 12.0. The van der Waals surface area contributed by atoms with E-state index in [4.69, 9.17) is 9.47 Å². The van der Waals surface area contributed by atoms with Crippen LogP contribution in [0.15, 0.2) is 40.6 Å². The van der Waals surface area contributed by atoms with Gasteiger partial charge in [-0.05, 0) is 74.4 Å². The maximum absolute atomic E-state index is 13.2. The van der Waals surface area contributed by atoms with Crippen molar-refractivity contribution < 1.29 is 28.7 Å². The molecule has 3 amide bonds. The van der Waals surface area contributed by atoms with E-state index < -0.39 is 23.5 Å². The van der Waals surface area contributed by atoms with E-state index in [1.54, 1.807) is 18.2 Å². The summed E-state index contributed by atoms with van der Waals surface area (Å²) in [5.41, 5.74) is 3.50. The van der Waals surface area contributed by atoms with Gasteiger partial charge in [-0.3, -0.25) is 19.7 Å². The number of hydrogen-bond acceptors (Lipinski definition) is 8. The van der Waals surface area contributed by atoms with Crippen molar-refractivity contribution in [3.63, 3.8) is 0 Å². The molecule has 0 aliphatic carbocycles. The Labute approximate surface area is 240 Å². The first-order chi connectivity index (χ1) is 19.2. The maximum Gasteiger partial charge on any atom is 0.344 e. The zero-order valence-electron chi connectivity index (χ0n) is 24.7. The topological polar surface area (TPSA) is 127 Å². The Kier molecular flexibility index (Phi) is 8.60. The van der Waals surface area contributed by atoms with Gasteiger partial charge < -0.3 is 14.4 Å². The standard InChI is InChI=1S/C31H38N4O6/c1-17(2)21-13-19(14-22(18(3)4)28(21)40-16-27(37)41-31(5,6)7)33-34-24-10-8-9-20-23(24)15-35(30(20)39)25-11-12-26(36)32-29(25)38/h8-10,13-14,17-18,25H,11-12,15-16H2,1-7H3,(H,32,36,38)/b34-33+. The predicted molar refractivity (Wildman–Crippen MR) is 153 cm³/mol. The van der Waals surface area contributed by atoms with Crippen molar-refractivity contribution in [1.29, 1.82) is 0 Å². The second kappa shape index (κ2) is 11.8. The van der Waals surface area contributed by atoms with Gasteiger partial charge in [-0.1, -0.05) is 33.8 Å². The van der Waals surface area contributed by atoms with Gasteiger partial charge in [-0.2, -0.15) is 10.2 Å². The number of azo groups is 1. The normalized spacial score (nSPS) is 17.4. The Morgan fingerprint density at radius 3 is 2.29 bits per heavy atom. The highest BCUT2D eigenvalue weighted by atomic mass is 16.6. The van der Waals surface area contributed by atoms with Crippen LogP contribution >= 0.6 is 0 Å². The number of piperidine rings is 1. The van der Waals surface area contributed by atoms with Crippen LogP contribution in [0.25, 0.3) is 0 Å². The molecule has 10 heteroatoms. The van der Waals surface area contributed by atoms with Crippen molar-refractivity contribution in [1.82, 2.24) is 10.2 Å².